The maximum absolute atomic E-state index is 13.0. The summed E-state index contributed by atoms with van der Waals surface area (Å²) in [7, 11) is 1.50. The van der Waals surface area contributed by atoms with Crippen LogP contribution in [0.2, 0.25) is 0 Å². The van der Waals surface area contributed by atoms with Crippen molar-refractivity contribution in [3.05, 3.63) is 35.9 Å². The first-order valence-electron chi connectivity index (χ1n) is 9.76. The van der Waals surface area contributed by atoms with Gasteiger partial charge in [0.1, 0.15) is 5.75 Å². The van der Waals surface area contributed by atoms with Gasteiger partial charge in [0.2, 0.25) is 11.7 Å². The minimum atomic E-state index is -0.391. The van der Waals surface area contributed by atoms with Crippen LogP contribution in [0.3, 0.4) is 0 Å². The maximum Gasteiger partial charge on any atom is 0.256 e. The lowest BCUT2D eigenvalue weighted by molar-refractivity contribution is -0.114. The second-order valence-electron chi connectivity index (χ2n) is 6.15. The molecule has 0 spiro atoms. The monoisotopic (exact) mass is 416 g/mol. The highest BCUT2D eigenvalue weighted by Crippen LogP contribution is 2.39. The molecule has 0 heterocycles. The van der Waals surface area contributed by atoms with E-state index in [0.717, 1.165) is 0 Å². The summed E-state index contributed by atoms with van der Waals surface area (Å²) in [5, 5.41) is 5.49. The standard InChI is InChI=1S/C22H28N2O6/c1-6-28-19-11-15(12-20(29-7-2)21(19)30-8-3)22(26)24-17-13-16(23-14(4)25)9-10-18(17)27-5/h9-13H,6-8H2,1-5H3,(H,23,25)(H,24,26). The van der Waals surface area contributed by atoms with Gasteiger partial charge < -0.3 is 29.6 Å². The van der Waals surface area contributed by atoms with Gasteiger partial charge in [0.05, 0.1) is 32.6 Å². The zero-order valence-electron chi connectivity index (χ0n) is 18.0. The zero-order valence-corrected chi connectivity index (χ0v) is 18.0. The number of amides is 2. The van der Waals surface area contributed by atoms with E-state index in [-0.39, 0.29) is 5.91 Å². The van der Waals surface area contributed by atoms with Crippen molar-refractivity contribution in [1.82, 2.24) is 0 Å². The van der Waals surface area contributed by atoms with Crippen molar-refractivity contribution in [3.8, 4) is 23.0 Å². The number of anilines is 2. The van der Waals surface area contributed by atoms with Gasteiger partial charge in [0, 0.05) is 18.2 Å². The van der Waals surface area contributed by atoms with Crippen molar-refractivity contribution in [1.29, 1.82) is 0 Å². The Bertz CT molecular complexity index is 870. The third-order valence-corrected chi connectivity index (χ3v) is 3.94. The lowest BCUT2D eigenvalue weighted by Gasteiger charge is -2.17. The average Bonchev–Trinajstić information content (AvgIpc) is 2.70. The zero-order chi connectivity index (χ0) is 22.1. The topological polar surface area (TPSA) is 95.1 Å². The molecule has 2 rings (SSSR count). The first-order valence-corrected chi connectivity index (χ1v) is 9.76. The number of carbonyl (C=O) groups excluding carboxylic acids is 2. The molecule has 0 aliphatic carbocycles. The van der Waals surface area contributed by atoms with Gasteiger partial charge in [-0.1, -0.05) is 0 Å². The predicted molar refractivity (Wildman–Crippen MR) is 115 cm³/mol. The number of benzene rings is 2. The smallest absolute Gasteiger partial charge is 0.256 e. The highest BCUT2D eigenvalue weighted by Gasteiger charge is 2.19. The molecule has 2 aromatic carbocycles. The van der Waals surface area contributed by atoms with E-state index in [1.54, 1.807) is 30.3 Å². The molecule has 8 heteroatoms. The summed E-state index contributed by atoms with van der Waals surface area (Å²) in [6.07, 6.45) is 0. The van der Waals surface area contributed by atoms with Crippen molar-refractivity contribution in [2.75, 3.05) is 37.6 Å². The summed E-state index contributed by atoms with van der Waals surface area (Å²) >= 11 is 0. The van der Waals surface area contributed by atoms with Crippen LogP contribution in [0.1, 0.15) is 38.1 Å². The largest absolute Gasteiger partial charge is 0.495 e. The second kappa shape index (κ2) is 10.9. The van der Waals surface area contributed by atoms with Crippen LogP contribution in [-0.2, 0) is 4.79 Å². The fourth-order valence-electron chi connectivity index (χ4n) is 2.80. The number of hydrogen-bond donors (Lipinski definition) is 2. The Morgan fingerprint density at radius 2 is 1.43 bits per heavy atom. The molecule has 0 unspecified atom stereocenters. The number of ether oxygens (including phenoxy) is 4. The van der Waals surface area contributed by atoms with Crippen molar-refractivity contribution >= 4 is 23.2 Å². The minimum absolute atomic E-state index is 0.216. The van der Waals surface area contributed by atoms with Gasteiger partial charge >= 0.3 is 0 Å². The lowest BCUT2D eigenvalue weighted by atomic mass is 10.1. The molecule has 0 radical (unpaired) electrons. The predicted octanol–water partition coefficient (Wildman–Crippen LogP) is 4.10. The average molecular weight is 416 g/mol. The first-order chi connectivity index (χ1) is 14.4. The molecule has 2 aromatic rings. The number of carbonyl (C=O) groups is 2. The fraction of sp³-hybridized carbons (Fsp3) is 0.364. The Balaban J connectivity index is 2.41. The van der Waals surface area contributed by atoms with Crippen molar-refractivity contribution in [2.24, 2.45) is 0 Å². The van der Waals surface area contributed by atoms with Crippen LogP contribution < -0.4 is 29.6 Å². The molecule has 0 aliphatic heterocycles. The van der Waals surface area contributed by atoms with E-state index >= 15 is 0 Å². The van der Waals surface area contributed by atoms with Gasteiger partial charge in [-0.25, -0.2) is 0 Å². The quantitative estimate of drug-likeness (QED) is 0.605. The van der Waals surface area contributed by atoms with Crippen molar-refractivity contribution in [3.63, 3.8) is 0 Å². The van der Waals surface area contributed by atoms with Crippen LogP contribution >= 0.6 is 0 Å². The lowest BCUT2D eigenvalue weighted by Crippen LogP contribution is -2.14. The Kier molecular flexibility index (Phi) is 8.34. The van der Waals surface area contributed by atoms with Crippen molar-refractivity contribution in [2.45, 2.75) is 27.7 Å². The molecule has 2 amide bonds. The summed E-state index contributed by atoms with van der Waals surface area (Å²) < 4.78 is 22.3. The van der Waals surface area contributed by atoms with Gasteiger partial charge in [0.15, 0.2) is 11.5 Å². The van der Waals surface area contributed by atoms with Gasteiger partial charge in [-0.2, -0.15) is 0 Å². The molecule has 162 valence electrons. The number of nitrogens with one attached hydrogen (secondary N) is 2. The summed E-state index contributed by atoms with van der Waals surface area (Å²) in [6.45, 7) is 8.21. The molecule has 0 saturated carbocycles. The molecular weight excluding hydrogens is 388 g/mol. The second-order valence-corrected chi connectivity index (χ2v) is 6.15. The molecule has 0 fully saturated rings. The van der Waals surface area contributed by atoms with E-state index in [4.69, 9.17) is 18.9 Å². The third-order valence-electron chi connectivity index (χ3n) is 3.94. The fourth-order valence-corrected chi connectivity index (χ4v) is 2.80. The highest BCUT2D eigenvalue weighted by atomic mass is 16.5. The number of rotatable bonds is 10. The molecule has 8 nitrogen and oxygen atoms in total. The van der Waals surface area contributed by atoms with Crippen molar-refractivity contribution < 1.29 is 28.5 Å². The van der Waals surface area contributed by atoms with Gasteiger partial charge in [-0.3, -0.25) is 9.59 Å². The Labute approximate surface area is 176 Å². The van der Waals surface area contributed by atoms with E-state index in [1.165, 1.54) is 14.0 Å². The summed E-state index contributed by atoms with van der Waals surface area (Å²) in [5.74, 6) is 1.16. The molecule has 30 heavy (non-hydrogen) atoms. The molecule has 0 aliphatic rings. The Morgan fingerprint density at radius 3 is 1.93 bits per heavy atom. The van der Waals surface area contributed by atoms with Crippen LogP contribution in [-0.4, -0.2) is 38.7 Å². The highest BCUT2D eigenvalue weighted by molar-refractivity contribution is 6.06. The van der Waals surface area contributed by atoms with Crippen LogP contribution in [0.4, 0.5) is 11.4 Å². The van der Waals surface area contributed by atoms with Crippen LogP contribution in [0, 0.1) is 0 Å². The van der Waals surface area contributed by atoms with E-state index in [2.05, 4.69) is 10.6 Å². The maximum atomic E-state index is 13.0. The van der Waals surface area contributed by atoms with Crippen LogP contribution in [0.15, 0.2) is 30.3 Å². The summed E-state index contributed by atoms with van der Waals surface area (Å²) in [4.78, 5) is 24.3. The molecule has 0 saturated heterocycles. The van der Waals surface area contributed by atoms with Gasteiger partial charge in [-0.15, -0.1) is 0 Å². The SMILES string of the molecule is CCOc1cc(C(=O)Nc2cc(NC(C)=O)ccc2OC)cc(OCC)c1OCC. The summed E-state index contributed by atoms with van der Waals surface area (Å²) in [6, 6.07) is 8.19. The Hall–Kier alpha value is -3.42. The number of methoxy groups -OCH3 is 1. The van der Waals surface area contributed by atoms with E-state index < -0.39 is 5.91 Å². The molecule has 0 bridgehead atoms. The summed E-state index contributed by atoms with van der Waals surface area (Å²) in [5.41, 5.74) is 1.28. The van der Waals surface area contributed by atoms with Gasteiger partial charge in [0.25, 0.3) is 5.91 Å². The van der Waals surface area contributed by atoms with E-state index in [1.807, 2.05) is 20.8 Å². The first kappa shape index (κ1) is 22.9. The third kappa shape index (κ3) is 5.79. The Morgan fingerprint density at radius 1 is 0.833 bits per heavy atom. The van der Waals surface area contributed by atoms with E-state index in [9.17, 15) is 9.59 Å². The number of hydrogen-bond acceptors (Lipinski definition) is 6. The minimum Gasteiger partial charge on any atom is -0.495 e. The molecule has 0 atom stereocenters. The molecular formula is C22H28N2O6. The normalized spacial score (nSPS) is 10.2. The van der Waals surface area contributed by atoms with E-state index in [0.29, 0.717) is 59.8 Å². The van der Waals surface area contributed by atoms with Crippen LogP contribution in [0.25, 0.3) is 0 Å². The van der Waals surface area contributed by atoms with Gasteiger partial charge in [-0.05, 0) is 51.1 Å². The van der Waals surface area contributed by atoms with Crippen LogP contribution in [0.5, 0.6) is 23.0 Å². The molecule has 2 N–H and O–H groups in total. The molecule has 0 aromatic heterocycles.